The van der Waals surface area contributed by atoms with E-state index in [0.717, 1.165) is 13.0 Å². The Morgan fingerprint density at radius 1 is 1.44 bits per heavy atom. The molecule has 1 rings (SSSR count). The largest absolute Gasteiger partial charge is 0.468 e. The van der Waals surface area contributed by atoms with Gasteiger partial charge in [-0.15, -0.1) is 0 Å². The van der Waals surface area contributed by atoms with Crippen LogP contribution in [0.3, 0.4) is 0 Å². The number of hydrogen-bond donors (Lipinski definition) is 1. The quantitative estimate of drug-likeness (QED) is 0.568. The first kappa shape index (κ1) is 13.5. The summed E-state index contributed by atoms with van der Waals surface area (Å²) in [6.07, 6.45) is 1.09. The van der Waals surface area contributed by atoms with Crippen molar-refractivity contribution in [1.29, 1.82) is 0 Å². The molecule has 0 aromatic heterocycles. The highest BCUT2D eigenvalue weighted by Gasteiger charge is 2.46. The molecule has 1 aliphatic rings. The van der Waals surface area contributed by atoms with Crippen LogP contribution in [0.25, 0.3) is 0 Å². The van der Waals surface area contributed by atoms with Crippen LogP contribution in [-0.2, 0) is 14.3 Å². The molecule has 0 aromatic rings. The van der Waals surface area contributed by atoms with E-state index >= 15 is 0 Å². The van der Waals surface area contributed by atoms with Crippen molar-refractivity contribution in [1.82, 2.24) is 5.32 Å². The van der Waals surface area contributed by atoms with Crippen LogP contribution >= 0.6 is 0 Å². The molecule has 1 saturated heterocycles. The van der Waals surface area contributed by atoms with Crippen LogP contribution < -0.4 is 5.32 Å². The van der Waals surface area contributed by atoms with Gasteiger partial charge in [-0.25, -0.2) is 0 Å². The molecule has 0 atom stereocenters. The monoisotopic (exact) mass is 229 g/mol. The number of rotatable bonds is 5. The van der Waals surface area contributed by atoms with E-state index in [1.54, 1.807) is 0 Å². The minimum Gasteiger partial charge on any atom is -0.468 e. The second-order valence-electron chi connectivity index (χ2n) is 5.75. The molecule has 4 nitrogen and oxygen atoms in total. The van der Waals surface area contributed by atoms with Crippen molar-refractivity contribution in [2.45, 2.75) is 27.2 Å². The summed E-state index contributed by atoms with van der Waals surface area (Å²) >= 11 is 0. The summed E-state index contributed by atoms with van der Waals surface area (Å²) in [5.74, 6) is -0.165. The maximum absolute atomic E-state index is 11.6. The zero-order valence-electron chi connectivity index (χ0n) is 10.8. The van der Waals surface area contributed by atoms with Gasteiger partial charge in [0.25, 0.3) is 0 Å². The molecule has 0 aliphatic carbocycles. The molecule has 1 fully saturated rings. The van der Waals surface area contributed by atoms with Crippen molar-refractivity contribution in [3.63, 3.8) is 0 Å². The zero-order chi connectivity index (χ0) is 12.2. The van der Waals surface area contributed by atoms with Crippen LogP contribution in [0.4, 0.5) is 0 Å². The minimum absolute atomic E-state index is 0.165. The highest BCUT2D eigenvalue weighted by molar-refractivity contribution is 5.78. The molecule has 0 aromatic carbocycles. The lowest BCUT2D eigenvalue weighted by Crippen LogP contribution is -2.55. The lowest BCUT2D eigenvalue weighted by atomic mass is 9.85. The van der Waals surface area contributed by atoms with E-state index in [1.807, 2.05) is 0 Å². The predicted molar refractivity (Wildman–Crippen MR) is 62.2 cm³/mol. The molecule has 0 unspecified atom stereocenters. The third-order valence-corrected chi connectivity index (χ3v) is 2.89. The van der Waals surface area contributed by atoms with E-state index in [2.05, 4.69) is 26.1 Å². The van der Waals surface area contributed by atoms with Crippen LogP contribution in [0.15, 0.2) is 0 Å². The van der Waals surface area contributed by atoms with E-state index < -0.39 is 5.41 Å². The fourth-order valence-corrected chi connectivity index (χ4v) is 1.65. The van der Waals surface area contributed by atoms with Gasteiger partial charge < -0.3 is 14.8 Å². The smallest absolute Gasteiger partial charge is 0.317 e. The van der Waals surface area contributed by atoms with Gasteiger partial charge in [0.05, 0.1) is 20.3 Å². The zero-order valence-corrected chi connectivity index (χ0v) is 10.8. The second-order valence-corrected chi connectivity index (χ2v) is 5.75. The Morgan fingerprint density at radius 3 is 2.44 bits per heavy atom. The normalized spacial score (nSPS) is 19.0. The number of hydrogen-bond acceptors (Lipinski definition) is 4. The summed E-state index contributed by atoms with van der Waals surface area (Å²) in [6.45, 7) is 9.13. The van der Waals surface area contributed by atoms with Crippen LogP contribution in [0.2, 0.25) is 0 Å². The number of carbonyl (C=O) groups excluding carboxylic acids is 1. The molecule has 0 saturated carbocycles. The summed E-state index contributed by atoms with van der Waals surface area (Å²) in [5, 5.41) is 3.32. The van der Waals surface area contributed by atoms with Crippen LogP contribution in [-0.4, -0.2) is 39.4 Å². The first-order chi connectivity index (χ1) is 7.40. The SMILES string of the molecule is COC(=O)C1(CNCCC(C)(C)C)COC1. The number of nitrogens with one attached hydrogen (secondary N) is 1. The number of methoxy groups -OCH3 is 1. The van der Waals surface area contributed by atoms with Gasteiger partial charge in [-0.3, -0.25) is 4.79 Å². The fraction of sp³-hybridized carbons (Fsp3) is 0.917. The summed E-state index contributed by atoms with van der Waals surface area (Å²) in [4.78, 5) is 11.6. The molecule has 16 heavy (non-hydrogen) atoms. The summed E-state index contributed by atoms with van der Waals surface area (Å²) in [6, 6.07) is 0. The Bertz CT molecular complexity index is 241. The summed E-state index contributed by atoms with van der Waals surface area (Å²) < 4.78 is 9.91. The summed E-state index contributed by atoms with van der Waals surface area (Å²) in [5.41, 5.74) is -0.117. The minimum atomic E-state index is -0.438. The van der Waals surface area contributed by atoms with Crippen molar-refractivity contribution in [3.8, 4) is 0 Å². The number of carbonyl (C=O) groups is 1. The van der Waals surface area contributed by atoms with E-state index in [-0.39, 0.29) is 5.97 Å². The molecule has 4 heteroatoms. The van der Waals surface area contributed by atoms with Gasteiger partial charge in [0.15, 0.2) is 0 Å². The first-order valence-corrected chi connectivity index (χ1v) is 5.77. The molecule has 0 amide bonds. The van der Waals surface area contributed by atoms with Crippen molar-refractivity contribution in [2.75, 3.05) is 33.4 Å². The van der Waals surface area contributed by atoms with Gasteiger partial charge >= 0.3 is 5.97 Å². The fourth-order valence-electron chi connectivity index (χ4n) is 1.65. The Morgan fingerprint density at radius 2 is 2.06 bits per heavy atom. The van der Waals surface area contributed by atoms with Crippen molar-refractivity contribution in [3.05, 3.63) is 0 Å². The molecule has 0 spiro atoms. The number of ether oxygens (including phenoxy) is 2. The highest BCUT2D eigenvalue weighted by atomic mass is 16.5. The number of esters is 1. The average Bonchev–Trinajstić information content (AvgIpc) is 2.12. The topological polar surface area (TPSA) is 47.6 Å². The van der Waals surface area contributed by atoms with E-state index in [1.165, 1.54) is 7.11 Å². The molecule has 1 aliphatic heterocycles. The molecule has 1 N–H and O–H groups in total. The maximum atomic E-state index is 11.6. The van der Waals surface area contributed by atoms with Crippen molar-refractivity contribution >= 4 is 5.97 Å². The van der Waals surface area contributed by atoms with Crippen LogP contribution in [0, 0.1) is 10.8 Å². The van der Waals surface area contributed by atoms with Crippen molar-refractivity contribution in [2.24, 2.45) is 10.8 Å². The Balaban J connectivity index is 2.28. The Labute approximate surface area is 97.7 Å². The molecule has 1 heterocycles. The third-order valence-electron chi connectivity index (χ3n) is 2.89. The van der Waals surface area contributed by atoms with Gasteiger partial charge in [0.1, 0.15) is 5.41 Å². The lowest BCUT2D eigenvalue weighted by Gasteiger charge is -2.38. The predicted octanol–water partition coefficient (Wildman–Crippen LogP) is 1.20. The van der Waals surface area contributed by atoms with Gasteiger partial charge in [-0.05, 0) is 18.4 Å². The van der Waals surface area contributed by atoms with Crippen LogP contribution in [0.1, 0.15) is 27.2 Å². The Hall–Kier alpha value is -0.610. The third kappa shape index (κ3) is 3.46. The average molecular weight is 229 g/mol. The standard InChI is InChI=1S/C12H23NO3/c1-11(2,3)5-6-13-7-12(8-16-9-12)10(14)15-4/h13H,5-9H2,1-4H3. The van der Waals surface area contributed by atoms with Gasteiger partial charge in [-0.1, -0.05) is 20.8 Å². The van der Waals surface area contributed by atoms with Gasteiger partial charge in [0, 0.05) is 6.54 Å². The van der Waals surface area contributed by atoms with E-state index in [4.69, 9.17) is 9.47 Å². The molecule has 94 valence electrons. The van der Waals surface area contributed by atoms with Crippen molar-refractivity contribution < 1.29 is 14.3 Å². The lowest BCUT2D eigenvalue weighted by molar-refractivity contribution is -0.182. The first-order valence-electron chi connectivity index (χ1n) is 5.77. The molecule has 0 bridgehead atoms. The second kappa shape index (κ2) is 5.15. The van der Waals surface area contributed by atoms with Gasteiger partial charge in [-0.2, -0.15) is 0 Å². The highest BCUT2D eigenvalue weighted by Crippen LogP contribution is 2.28. The maximum Gasteiger partial charge on any atom is 0.317 e. The summed E-state index contributed by atoms with van der Waals surface area (Å²) in [7, 11) is 1.43. The van der Waals surface area contributed by atoms with Crippen LogP contribution in [0.5, 0.6) is 0 Å². The van der Waals surface area contributed by atoms with E-state index in [0.29, 0.717) is 25.2 Å². The Kier molecular flexibility index (Phi) is 4.33. The molecular weight excluding hydrogens is 206 g/mol. The van der Waals surface area contributed by atoms with Gasteiger partial charge in [0.2, 0.25) is 0 Å². The molecule has 0 radical (unpaired) electrons. The molecular formula is C12H23NO3. The van der Waals surface area contributed by atoms with E-state index in [9.17, 15) is 4.79 Å².